The van der Waals surface area contributed by atoms with Gasteiger partial charge in [-0.1, -0.05) is 0 Å². The molecule has 0 bridgehead atoms. The van der Waals surface area contributed by atoms with Crippen LogP contribution in [0.4, 0.5) is 0 Å². The van der Waals surface area contributed by atoms with Crippen molar-refractivity contribution >= 4 is 5.91 Å². The molecule has 0 radical (unpaired) electrons. The summed E-state index contributed by atoms with van der Waals surface area (Å²) in [6.45, 7) is 4.47. The number of aryl methyl sites for hydroxylation is 1. The lowest BCUT2D eigenvalue weighted by molar-refractivity contribution is -0.136. The third kappa shape index (κ3) is 5.25. The molecule has 2 aromatic heterocycles. The standard InChI is InChI=1S/C23H32N4O2/c1-26-11-2-3-21(26)18-27-12-7-23(8-13-27)16-20(6-14-29-23)15-22(28)25-17-19-4-9-24-10-5-19/h2-5,9-11,20H,6-8,12-18H2,1H3,(H,25,28). The van der Waals surface area contributed by atoms with E-state index in [0.717, 1.165) is 57.5 Å². The fourth-order valence-corrected chi connectivity index (χ4v) is 4.70. The summed E-state index contributed by atoms with van der Waals surface area (Å²) in [5, 5.41) is 3.06. The third-order valence-electron chi connectivity index (χ3n) is 6.51. The molecule has 1 spiro atoms. The van der Waals surface area contributed by atoms with Gasteiger partial charge < -0.3 is 14.6 Å². The Balaban J connectivity index is 1.24. The number of ether oxygens (including phenoxy) is 1. The number of pyridine rings is 1. The number of hydrogen-bond donors (Lipinski definition) is 1. The molecule has 156 valence electrons. The summed E-state index contributed by atoms with van der Waals surface area (Å²) in [5.41, 5.74) is 2.41. The molecule has 2 fully saturated rings. The van der Waals surface area contributed by atoms with Crippen LogP contribution in [0.2, 0.25) is 0 Å². The van der Waals surface area contributed by atoms with Crippen LogP contribution < -0.4 is 5.32 Å². The largest absolute Gasteiger partial charge is 0.375 e. The van der Waals surface area contributed by atoms with Crippen molar-refractivity contribution in [2.75, 3.05) is 19.7 Å². The van der Waals surface area contributed by atoms with Crippen molar-refractivity contribution in [2.45, 2.75) is 50.8 Å². The molecule has 29 heavy (non-hydrogen) atoms. The van der Waals surface area contributed by atoms with E-state index < -0.39 is 0 Å². The molecule has 2 aliphatic heterocycles. The predicted molar refractivity (Wildman–Crippen MR) is 112 cm³/mol. The van der Waals surface area contributed by atoms with E-state index in [1.54, 1.807) is 12.4 Å². The van der Waals surface area contributed by atoms with Crippen LogP contribution in [0.15, 0.2) is 42.9 Å². The number of hydrogen-bond acceptors (Lipinski definition) is 4. The minimum atomic E-state index is -0.0288. The van der Waals surface area contributed by atoms with Crippen molar-refractivity contribution in [2.24, 2.45) is 13.0 Å². The highest BCUT2D eigenvalue weighted by atomic mass is 16.5. The molecule has 1 atom stereocenters. The summed E-state index contributed by atoms with van der Waals surface area (Å²) in [4.78, 5) is 19.0. The van der Waals surface area contributed by atoms with E-state index >= 15 is 0 Å². The summed E-state index contributed by atoms with van der Waals surface area (Å²) >= 11 is 0. The minimum Gasteiger partial charge on any atom is -0.375 e. The number of nitrogens with one attached hydrogen (secondary N) is 1. The Morgan fingerprint density at radius 2 is 2.07 bits per heavy atom. The maximum atomic E-state index is 12.4. The fraction of sp³-hybridized carbons (Fsp3) is 0.565. The Morgan fingerprint density at radius 3 is 2.79 bits per heavy atom. The van der Waals surface area contributed by atoms with E-state index in [1.165, 1.54) is 5.69 Å². The predicted octanol–water partition coefficient (Wildman–Crippen LogP) is 2.89. The zero-order valence-electron chi connectivity index (χ0n) is 17.3. The first kappa shape index (κ1) is 20.1. The van der Waals surface area contributed by atoms with Crippen molar-refractivity contribution in [1.82, 2.24) is 19.8 Å². The van der Waals surface area contributed by atoms with Gasteiger partial charge in [0.1, 0.15) is 0 Å². The lowest BCUT2D eigenvalue weighted by Crippen LogP contribution is -2.49. The van der Waals surface area contributed by atoms with Gasteiger partial charge in [0.2, 0.25) is 5.91 Å². The molecule has 4 rings (SSSR count). The van der Waals surface area contributed by atoms with Crippen LogP contribution in [-0.2, 0) is 29.7 Å². The summed E-state index contributed by atoms with van der Waals surface area (Å²) in [5.74, 6) is 0.561. The van der Waals surface area contributed by atoms with Gasteiger partial charge in [0.05, 0.1) is 5.60 Å². The second-order valence-electron chi connectivity index (χ2n) is 8.61. The zero-order valence-corrected chi connectivity index (χ0v) is 17.3. The average Bonchev–Trinajstić information content (AvgIpc) is 3.14. The van der Waals surface area contributed by atoms with Crippen LogP contribution in [0.5, 0.6) is 0 Å². The summed E-state index contributed by atoms with van der Waals surface area (Å²) in [6, 6.07) is 8.18. The number of rotatable bonds is 6. The quantitative estimate of drug-likeness (QED) is 0.816. The van der Waals surface area contributed by atoms with Gasteiger partial charge in [-0.15, -0.1) is 0 Å². The number of nitrogens with zero attached hydrogens (tertiary/aromatic N) is 3. The number of aromatic nitrogens is 2. The van der Waals surface area contributed by atoms with Crippen molar-refractivity contribution < 1.29 is 9.53 Å². The van der Waals surface area contributed by atoms with Crippen LogP contribution in [0.3, 0.4) is 0 Å². The van der Waals surface area contributed by atoms with E-state index in [0.29, 0.717) is 18.9 Å². The fourth-order valence-electron chi connectivity index (χ4n) is 4.70. The van der Waals surface area contributed by atoms with Crippen molar-refractivity contribution in [3.8, 4) is 0 Å². The molecule has 4 heterocycles. The van der Waals surface area contributed by atoms with E-state index in [9.17, 15) is 4.79 Å². The Hall–Kier alpha value is -2.18. The van der Waals surface area contributed by atoms with Crippen LogP contribution in [-0.4, -0.2) is 45.7 Å². The van der Waals surface area contributed by atoms with Crippen LogP contribution in [0.1, 0.15) is 43.4 Å². The molecular formula is C23H32N4O2. The van der Waals surface area contributed by atoms with E-state index in [4.69, 9.17) is 4.74 Å². The first-order valence-corrected chi connectivity index (χ1v) is 10.7. The Kier molecular flexibility index (Phi) is 6.31. The van der Waals surface area contributed by atoms with E-state index in [1.807, 2.05) is 12.1 Å². The van der Waals surface area contributed by atoms with E-state index in [-0.39, 0.29) is 11.5 Å². The van der Waals surface area contributed by atoms with Gasteiger partial charge in [-0.2, -0.15) is 0 Å². The molecule has 1 N–H and O–H groups in total. The van der Waals surface area contributed by atoms with Gasteiger partial charge in [0, 0.05) is 70.5 Å². The number of piperidine rings is 1. The SMILES string of the molecule is Cn1cccc1CN1CCC2(CC1)CC(CC(=O)NCc1ccncc1)CCO2. The molecule has 2 saturated heterocycles. The molecule has 0 aliphatic carbocycles. The molecule has 1 unspecified atom stereocenters. The highest BCUT2D eigenvalue weighted by Gasteiger charge is 2.40. The molecular weight excluding hydrogens is 364 g/mol. The summed E-state index contributed by atoms with van der Waals surface area (Å²) < 4.78 is 8.48. The van der Waals surface area contributed by atoms with Gasteiger partial charge >= 0.3 is 0 Å². The van der Waals surface area contributed by atoms with Gasteiger partial charge in [-0.25, -0.2) is 0 Å². The van der Waals surface area contributed by atoms with Crippen LogP contribution in [0.25, 0.3) is 0 Å². The molecule has 6 heteroatoms. The van der Waals surface area contributed by atoms with Crippen molar-refractivity contribution in [3.05, 3.63) is 54.1 Å². The highest BCUT2D eigenvalue weighted by Crippen LogP contribution is 2.39. The second-order valence-corrected chi connectivity index (χ2v) is 8.61. The number of likely N-dealkylation sites (tertiary alicyclic amines) is 1. The average molecular weight is 397 g/mol. The van der Waals surface area contributed by atoms with Gasteiger partial charge in [0.25, 0.3) is 0 Å². The molecule has 0 saturated carbocycles. The Labute approximate surface area is 173 Å². The first-order valence-electron chi connectivity index (χ1n) is 10.7. The monoisotopic (exact) mass is 396 g/mol. The smallest absolute Gasteiger partial charge is 0.220 e. The number of carbonyl (C=O) groups excluding carboxylic acids is 1. The number of amides is 1. The normalized spacial score (nSPS) is 21.9. The van der Waals surface area contributed by atoms with Crippen molar-refractivity contribution in [1.29, 1.82) is 0 Å². The third-order valence-corrected chi connectivity index (χ3v) is 6.51. The summed E-state index contributed by atoms with van der Waals surface area (Å²) in [7, 11) is 2.11. The second kappa shape index (κ2) is 9.09. The highest BCUT2D eigenvalue weighted by molar-refractivity contribution is 5.76. The van der Waals surface area contributed by atoms with Gasteiger partial charge in [-0.05, 0) is 61.4 Å². The topological polar surface area (TPSA) is 59.4 Å². The van der Waals surface area contributed by atoms with Crippen LogP contribution >= 0.6 is 0 Å². The lowest BCUT2D eigenvalue weighted by Gasteiger charge is -2.46. The van der Waals surface area contributed by atoms with Gasteiger partial charge in [-0.3, -0.25) is 14.7 Å². The zero-order chi connectivity index (χ0) is 20.1. The Morgan fingerprint density at radius 1 is 1.28 bits per heavy atom. The first-order chi connectivity index (χ1) is 14.1. The Bertz CT molecular complexity index is 796. The minimum absolute atomic E-state index is 0.0288. The maximum absolute atomic E-state index is 12.4. The molecule has 6 nitrogen and oxygen atoms in total. The lowest BCUT2D eigenvalue weighted by atomic mass is 9.78. The maximum Gasteiger partial charge on any atom is 0.220 e. The molecule has 2 aromatic rings. The molecule has 2 aliphatic rings. The van der Waals surface area contributed by atoms with Crippen molar-refractivity contribution in [3.63, 3.8) is 0 Å². The number of carbonyl (C=O) groups is 1. The van der Waals surface area contributed by atoms with E-state index in [2.05, 4.69) is 45.1 Å². The molecule has 1 amide bonds. The van der Waals surface area contributed by atoms with Crippen LogP contribution in [0, 0.1) is 5.92 Å². The molecule has 0 aromatic carbocycles. The van der Waals surface area contributed by atoms with Gasteiger partial charge in [0.15, 0.2) is 0 Å². The summed E-state index contributed by atoms with van der Waals surface area (Å²) in [6.07, 6.45) is 10.3.